The van der Waals surface area contributed by atoms with Crippen molar-refractivity contribution in [2.45, 2.75) is 20.8 Å². The zero-order valence-corrected chi connectivity index (χ0v) is 10.6. The van der Waals surface area contributed by atoms with Crippen molar-refractivity contribution in [3.05, 3.63) is 48.0 Å². The monoisotopic (exact) mass is 236 g/mol. The molecule has 0 spiro atoms. The Kier molecular flexibility index (Phi) is 7.46. The molecule has 0 saturated heterocycles. The molecule has 0 unspecified atom stereocenters. The highest BCUT2D eigenvalue weighted by molar-refractivity contribution is 5.91. The summed E-state index contributed by atoms with van der Waals surface area (Å²) >= 11 is 0. The van der Waals surface area contributed by atoms with Crippen LogP contribution in [-0.4, -0.2) is 12.6 Å². The summed E-state index contributed by atoms with van der Waals surface area (Å²) in [5.74, 6) is 0.270. The van der Waals surface area contributed by atoms with Gasteiger partial charge in [0.1, 0.15) is 5.76 Å². The number of hydrogen-bond donors (Lipinski definition) is 2. The van der Waals surface area contributed by atoms with E-state index in [1.54, 1.807) is 13.0 Å². The van der Waals surface area contributed by atoms with Gasteiger partial charge in [-0.25, -0.2) is 0 Å². The van der Waals surface area contributed by atoms with Gasteiger partial charge in [0, 0.05) is 0 Å². The number of nitrogens with one attached hydrogen (secondary N) is 1. The van der Waals surface area contributed by atoms with Crippen molar-refractivity contribution >= 4 is 5.91 Å². The van der Waals surface area contributed by atoms with Gasteiger partial charge in [0.25, 0.3) is 5.91 Å². The third-order valence-corrected chi connectivity index (χ3v) is 1.96. The SMILES string of the molecule is C=C(O/C(=C\C)C(=O)NCN)/C(C)=C/C=C\C. The van der Waals surface area contributed by atoms with Crippen LogP contribution < -0.4 is 11.1 Å². The molecule has 0 aromatic rings. The van der Waals surface area contributed by atoms with Crippen LogP contribution in [0.15, 0.2) is 48.0 Å². The lowest BCUT2D eigenvalue weighted by molar-refractivity contribution is -0.120. The van der Waals surface area contributed by atoms with E-state index < -0.39 is 0 Å². The van der Waals surface area contributed by atoms with Gasteiger partial charge in [0.05, 0.1) is 6.67 Å². The van der Waals surface area contributed by atoms with Crippen LogP contribution >= 0.6 is 0 Å². The zero-order valence-electron chi connectivity index (χ0n) is 10.6. The number of nitrogens with two attached hydrogens (primary N) is 1. The van der Waals surface area contributed by atoms with Crippen LogP contribution in [0.25, 0.3) is 0 Å². The number of rotatable bonds is 6. The van der Waals surface area contributed by atoms with Gasteiger partial charge in [-0.2, -0.15) is 0 Å². The van der Waals surface area contributed by atoms with Gasteiger partial charge in [-0.15, -0.1) is 0 Å². The summed E-state index contributed by atoms with van der Waals surface area (Å²) < 4.78 is 5.37. The molecular weight excluding hydrogens is 216 g/mol. The van der Waals surface area contributed by atoms with Gasteiger partial charge in [-0.1, -0.05) is 24.8 Å². The number of allylic oxidation sites excluding steroid dienone is 5. The quantitative estimate of drug-likeness (QED) is 0.321. The van der Waals surface area contributed by atoms with Gasteiger partial charge in [0.15, 0.2) is 5.76 Å². The fraction of sp³-hybridized carbons (Fsp3) is 0.308. The standard InChI is InChI=1S/C13H20N2O2/c1-5-7-8-10(3)11(4)17-12(6-2)13(16)15-9-14/h5-8H,4,9,14H2,1-3H3,(H,15,16)/b7-5-,10-8+,12-6-. The molecule has 4 heteroatoms. The largest absolute Gasteiger partial charge is 0.452 e. The van der Waals surface area contributed by atoms with E-state index in [-0.39, 0.29) is 18.3 Å². The molecule has 1 amide bonds. The summed E-state index contributed by atoms with van der Waals surface area (Å²) in [6.45, 7) is 9.32. The maximum absolute atomic E-state index is 11.5. The van der Waals surface area contributed by atoms with Crippen molar-refractivity contribution in [3.8, 4) is 0 Å². The number of ether oxygens (including phenoxy) is 1. The Morgan fingerprint density at radius 1 is 1.47 bits per heavy atom. The predicted molar refractivity (Wildman–Crippen MR) is 69.8 cm³/mol. The predicted octanol–water partition coefficient (Wildman–Crippen LogP) is 1.98. The van der Waals surface area contributed by atoms with Crippen molar-refractivity contribution in [2.24, 2.45) is 5.73 Å². The first kappa shape index (κ1) is 15.2. The van der Waals surface area contributed by atoms with Crippen LogP contribution in [0.3, 0.4) is 0 Å². The molecule has 0 bridgehead atoms. The van der Waals surface area contributed by atoms with E-state index in [4.69, 9.17) is 10.5 Å². The van der Waals surface area contributed by atoms with E-state index in [1.807, 2.05) is 32.1 Å². The lowest BCUT2D eigenvalue weighted by Gasteiger charge is -2.11. The molecule has 94 valence electrons. The van der Waals surface area contributed by atoms with Crippen molar-refractivity contribution < 1.29 is 9.53 Å². The Morgan fingerprint density at radius 3 is 2.59 bits per heavy atom. The molecule has 0 aliphatic rings. The zero-order chi connectivity index (χ0) is 13.3. The molecule has 0 aromatic carbocycles. The first-order chi connectivity index (χ1) is 8.06. The van der Waals surface area contributed by atoms with E-state index in [9.17, 15) is 4.79 Å². The fourth-order valence-corrected chi connectivity index (χ4v) is 0.963. The molecule has 0 aliphatic heterocycles. The Labute approximate surface area is 103 Å². The average Bonchev–Trinajstić information content (AvgIpc) is 2.32. The van der Waals surface area contributed by atoms with Crippen molar-refractivity contribution in [3.63, 3.8) is 0 Å². The second-order valence-corrected chi connectivity index (χ2v) is 3.26. The molecule has 0 radical (unpaired) electrons. The minimum absolute atomic E-state index is 0.0689. The molecule has 3 N–H and O–H groups in total. The first-order valence-electron chi connectivity index (χ1n) is 5.38. The summed E-state index contributed by atoms with van der Waals surface area (Å²) in [6, 6.07) is 0. The van der Waals surface area contributed by atoms with E-state index in [0.29, 0.717) is 5.76 Å². The number of hydrogen-bond acceptors (Lipinski definition) is 3. The van der Waals surface area contributed by atoms with Gasteiger partial charge >= 0.3 is 0 Å². The average molecular weight is 236 g/mol. The van der Waals surface area contributed by atoms with Gasteiger partial charge in [0.2, 0.25) is 0 Å². The number of carbonyl (C=O) groups is 1. The molecule has 0 fully saturated rings. The summed E-state index contributed by atoms with van der Waals surface area (Å²) in [6.07, 6.45) is 7.20. The van der Waals surface area contributed by atoms with Crippen molar-refractivity contribution in [2.75, 3.05) is 6.67 Å². The van der Waals surface area contributed by atoms with Gasteiger partial charge in [-0.05, 0) is 32.4 Å². The molecule has 0 rings (SSSR count). The second-order valence-electron chi connectivity index (χ2n) is 3.26. The number of carbonyl (C=O) groups excluding carboxylic acids is 1. The summed E-state index contributed by atoms with van der Waals surface area (Å²) in [7, 11) is 0. The van der Waals surface area contributed by atoms with Crippen molar-refractivity contribution in [1.82, 2.24) is 5.32 Å². The first-order valence-corrected chi connectivity index (χ1v) is 5.38. The lowest BCUT2D eigenvalue weighted by Crippen LogP contribution is -2.31. The van der Waals surface area contributed by atoms with E-state index in [1.165, 1.54) is 0 Å². The summed E-state index contributed by atoms with van der Waals surface area (Å²) in [4.78, 5) is 11.5. The highest BCUT2D eigenvalue weighted by Crippen LogP contribution is 2.13. The Bertz CT molecular complexity index is 366. The summed E-state index contributed by atoms with van der Waals surface area (Å²) in [5, 5.41) is 2.45. The Morgan fingerprint density at radius 2 is 2.12 bits per heavy atom. The molecule has 17 heavy (non-hydrogen) atoms. The van der Waals surface area contributed by atoms with Gasteiger partial charge < -0.3 is 15.8 Å². The summed E-state index contributed by atoms with van der Waals surface area (Å²) in [5.41, 5.74) is 6.07. The minimum Gasteiger partial charge on any atom is -0.452 e. The second kappa shape index (κ2) is 8.35. The maximum Gasteiger partial charge on any atom is 0.287 e. The van der Waals surface area contributed by atoms with Crippen LogP contribution in [0.5, 0.6) is 0 Å². The van der Waals surface area contributed by atoms with E-state index in [0.717, 1.165) is 5.57 Å². The topological polar surface area (TPSA) is 64.3 Å². The highest BCUT2D eigenvalue weighted by Gasteiger charge is 2.10. The van der Waals surface area contributed by atoms with E-state index >= 15 is 0 Å². The third kappa shape index (κ3) is 5.73. The molecule has 0 heterocycles. The van der Waals surface area contributed by atoms with Crippen LogP contribution in [0.4, 0.5) is 0 Å². The lowest BCUT2D eigenvalue weighted by atomic mass is 10.2. The van der Waals surface area contributed by atoms with Crippen LogP contribution in [0.1, 0.15) is 20.8 Å². The Balaban J connectivity index is 4.60. The van der Waals surface area contributed by atoms with Crippen LogP contribution in [0, 0.1) is 0 Å². The normalized spacial score (nSPS) is 12.7. The van der Waals surface area contributed by atoms with Gasteiger partial charge in [-0.3, -0.25) is 4.79 Å². The molecule has 0 aromatic heterocycles. The number of amides is 1. The Hall–Kier alpha value is -1.81. The molecule has 0 atom stereocenters. The minimum atomic E-state index is -0.352. The van der Waals surface area contributed by atoms with Crippen molar-refractivity contribution in [1.29, 1.82) is 0 Å². The molecule has 0 saturated carbocycles. The molecule has 0 aliphatic carbocycles. The highest BCUT2D eigenvalue weighted by atomic mass is 16.5. The maximum atomic E-state index is 11.5. The fourth-order valence-electron chi connectivity index (χ4n) is 0.963. The molecule has 4 nitrogen and oxygen atoms in total. The van der Waals surface area contributed by atoms with Crippen LogP contribution in [-0.2, 0) is 9.53 Å². The third-order valence-electron chi connectivity index (χ3n) is 1.96. The van der Waals surface area contributed by atoms with E-state index in [2.05, 4.69) is 11.9 Å². The van der Waals surface area contributed by atoms with Crippen LogP contribution in [0.2, 0.25) is 0 Å². The smallest absolute Gasteiger partial charge is 0.287 e. The molecular formula is C13H20N2O2.